The molecular weight excluding hydrogens is 319 g/mol. The van der Waals surface area contributed by atoms with Crippen LogP contribution >= 0.6 is 27.5 Å². The highest BCUT2D eigenvalue weighted by molar-refractivity contribution is 9.10. The molecule has 0 bridgehead atoms. The average Bonchev–Trinajstić information content (AvgIpc) is 2.34. The molecule has 0 spiro atoms. The van der Waals surface area contributed by atoms with E-state index in [1.807, 2.05) is 12.1 Å². The van der Waals surface area contributed by atoms with Crippen molar-refractivity contribution >= 4 is 27.5 Å². The minimum Gasteiger partial charge on any atom is -0.322 e. The van der Waals surface area contributed by atoms with E-state index in [0.717, 1.165) is 4.47 Å². The van der Waals surface area contributed by atoms with Crippen LogP contribution < -0.4 is 5.73 Å². The lowest BCUT2D eigenvalue weighted by Crippen LogP contribution is -2.15. The molecule has 2 rings (SSSR count). The summed E-state index contributed by atoms with van der Waals surface area (Å²) in [5, 5.41) is 0.391. The summed E-state index contributed by atoms with van der Waals surface area (Å²) in [6.07, 6.45) is 1.98. The minimum absolute atomic E-state index is 0.320. The Morgan fingerprint density at radius 3 is 2.72 bits per heavy atom. The zero-order valence-electron chi connectivity index (χ0n) is 9.41. The highest BCUT2D eigenvalue weighted by atomic mass is 79.9. The molecule has 1 aromatic carbocycles. The van der Waals surface area contributed by atoms with Crippen LogP contribution in [0, 0.1) is 5.82 Å². The number of rotatable bonds is 3. The first-order valence-electron chi connectivity index (χ1n) is 5.38. The average molecular weight is 330 g/mol. The van der Waals surface area contributed by atoms with Crippen LogP contribution in [0.3, 0.4) is 0 Å². The van der Waals surface area contributed by atoms with Crippen LogP contribution in [0.1, 0.15) is 17.3 Å². The molecule has 18 heavy (non-hydrogen) atoms. The van der Waals surface area contributed by atoms with Gasteiger partial charge in [0, 0.05) is 21.3 Å². The Morgan fingerprint density at radius 2 is 2.11 bits per heavy atom. The standard InChI is InChI=1S/C13H11BrClFN2/c14-8-4-5-13(18-7-8)12(17)6-9-10(15)2-1-3-11(9)16/h1-5,7,12H,6,17H2. The van der Waals surface area contributed by atoms with E-state index < -0.39 is 0 Å². The maximum atomic E-state index is 13.6. The molecule has 1 unspecified atom stereocenters. The number of nitrogens with zero attached hydrogens (tertiary/aromatic N) is 1. The highest BCUT2D eigenvalue weighted by Gasteiger charge is 2.14. The molecule has 0 aliphatic heterocycles. The third-order valence-electron chi connectivity index (χ3n) is 2.62. The summed E-state index contributed by atoms with van der Waals surface area (Å²) in [6.45, 7) is 0. The van der Waals surface area contributed by atoms with Crippen molar-refractivity contribution in [1.82, 2.24) is 4.98 Å². The molecule has 0 radical (unpaired) electrons. The summed E-state index contributed by atoms with van der Waals surface area (Å²) in [6, 6.07) is 7.89. The van der Waals surface area contributed by atoms with Gasteiger partial charge in [-0.1, -0.05) is 17.7 Å². The maximum Gasteiger partial charge on any atom is 0.127 e. The SMILES string of the molecule is NC(Cc1c(F)cccc1Cl)c1ccc(Br)cn1. The van der Waals surface area contributed by atoms with Gasteiger partial charge < -0.3 is 5.73 Å². The number of nitrogens with two attached hydrogens (primary N) is 1. The van der Waals surface area contributed by atoms with E-state index in [1.165, 1.54) is 6.07 Å². The van der Waals surface area contributed by atoms with Gasteiger partial charge in [0.2, 0.25) is 0 Å². The number of benzene rings is 1. The van der Waals surface area contributed by atoms with Gasteiger partial charge in [0.25, 0.3) is 0 Å². The van der Waals surface area contributed by atoms with Crippen molar-refractivity contribution in [2.45, 2.75) is 12.5 Å². The monoisotopic (exact) mass is 328 g/mol. The van der Waals surface area contributed by atoms with E-state index in [4.69, 9.17) is 17.3 Å². The van der Waals surface area contributed by atoms with Gasteiger partial charge in [0.15, 0.2) is 0 Å². The van der Waals surface area contributed by atoms with E-state index in [1.54, 1.807) is 18.3 Å². The Labute approximate surface area is 118 Å². The molecule has 1 atom stereocenters. The van der Waals surface area contributed by atoms with Crippen LogP contribution in [0.4, 0.5) is 4.39 Å². The molecule has 0 amide bonds. The summed E-state index contributed by atoms with van der Waals surface area (Å²) < 4.78 is 14.5. The van der Waals surface area contributed by atoms with Gasteiger partial charge in [-0.3, -0.25) is 4.98 Å². The Kier molecular flexibility index (Phi) is 4.32. The Bertz CT molecular complexity index is 525. The predicted molar refractivity (Wildman–Crippen MR) is 74.0 cm³/mol. The van der Waals surface area contributed by atoms with Gasteiger partial charge >= 0.3 is 0 Å². The topological polar surface area (TPSA) is 38.9 Å². The van der Waals surface area contributed by atoms with Crippen LogP contribution in [0.2, 0.25) is 5.02 Å². The van der Waals surface area contributed by atoms with Crippen LogP contribution in [-0.2, 0) is 6.42 Å². The summed E-state index contributed by atoms with van der Waals surface area (Å²) in [4.78, 5) is 4.20. The maximum absolute atomic E-state index is 13.6. The van der Waals surface area contributed by atoms with Crippen molar-refractivity contribution in [2.24, 2.45) is 5.73 Å². The lowest BCUT2D eigenvalue weighted by atomic mass is 10.0. The molecule has 5 heteroatoms. The second-order valence-electron chi connectivity index (χ2n) is 3.91. The van der Waals surface area contributed by atoms with E-state index in [0.29, 0.717) is 22.7 Å². The molecule has 1 aromatic heterocycles. The minimum atomic E-state index is -0.382. The molecule has 2 N–H and O–H groups in total. The van der Waals surface area contributed by atoms with Crippen LogP contribution in [0.25, 0.3) is 0 Å². The summed E-state index contributed by atoms with van der Waals surface area (Å²) in [5.41, 5.74) is 7.15. The fourth-order valence-corrected chi connectivity index (χ4v) is 2.13. The molecule has 2 aromatic rings. The van der Waals surface area contributed by atoms with Crippen LogP contribution in [-0.4, -0.2) is 4.98 Å². The largest absolute Gasteiger partial charge is 0.322 e. The van der Waals surface area contributed by atoms with E-state index in [-0.39, 0.29) is 11.9 Å². The summed E-state index contributed by atoms with van der Waals surface area (Å²) in [5.74, 6) is -0.338. The molecule has 2 nitrogen and oxygen atoms in total. The normalized spacial score (nSPS) is 12.4. The van der Waals surface area contributed by atoms with Gasteiger partial charge in [0.1, 0.15) is 5.82 Å². The van der Waals surface area contributed by atoms with Crippen molar-refractivity contribution in [3.8, 4) is 0 Å². The highest BCUT2D eigenvalue weighted by Crippen LogP contribution is 2.24. The molecule has 94 valence electrons. The van der Waals surface area contributed by atoms with Crippen LogP contribution in [0.15, 0.2) is 41.0 Å². The number of pyridine rings is 1. The smallest absolute Gasteiger partial charge is 0.127 e. The third-order valence-corrected chi connectivity index (χ3v) is 3.44. The number of halogens is 3. The number of aromatic nitrogens is 1. The number of hydrogen-bond donors (Lipinski definition) is 1. The van der Waals surface area contributed by atoms with Gasteiger partial charge in [-0.25, -0.2) is 4.39 Å². The Morgan fingerprint density at radius 1 is 1.33 bits per heavy atom. The predicted octanol–water partition coefficient (Wildman–Crippen LogP) is 3.88. The quantitative estimate of drug-likeness (QED) is 0.928. The van der Waals surface area contributed by atoms with Gasteiger partial charge in [-0.2, -0.15) is 0 Å². The second kappa shape index (κ2) is 5.78. The molecular formula is C13H11BrClFN2. The number of hydrogen-bond acceptors (Lipinski definition) is 2. The molecule has 0 fully saturated rings. The lowest BCUT2D eigenvalue weighted by molar-refractivity contribution is 0.590. The zero-order chi connectivity index (χ0) is 13.1. The second-order valence-corrected chi connectivity index (χ2v) is 5.23. The van der Waals surface area contributed by atoms with Gasteiger partial charge in [-0.15, -0.1) is 0 Å². The van der Waals surface area contributed by atoms with Crippen LogP contribution in [0.5, 0.6) is 0 Å². The molecule has 0 aliphatic rings. The van der Waals surface area contributed by atoms with E-state index in [2.05, 4.69) is 20.9 Å². The zero-order valence-corrected chi connectivity index (χ0v) is 11.7. The van der Waals surface area contributed by atoms with Crippen molar-refractivity contribution in [3.05, 3.63) is 63.1 Å². The fourth-order valence-electron chi connectivity index (χ4n) is 1.66. The lowest BCUT2D eigenvalue weighted by Gasteiger charge is -2.13. The van der Waals surface area contributed by atoms with Crippen molar-refractivity contribution < 1.29 is 4.39 Å². The fraction of sp³-hybridized carbons (Fsp3) is 0.154. The summed E-state index contributed by atoms with van der Waals surface area (Å²) in [7, 11) is 0. The van der Waals surface area contributed by atoms with Gasteiger partial charge in [0.05, 0.1) is 11.7 Å². The summed E-state index contributed by atoms with van der Waals surface area (Å²) >= 11 is 9.26. The van der Waals surface area contributed by atoms with E-state index >= 15 is 0 Å². The molecule has 0 saturated carbocycles. The van der Waals surface area contributed by atoms with E-state index in [9.17, 15) is 4.39 Å². The van der Waals surface area contributed by atoms with Crippen molar-refractivity contribution in [3.63, 3.8) is 0 Å². The Hall–Kier alpha value is -0.970. The molecule has 1 heterocycles. The van der Waals surface area contributed by atoms with Gasteiger partial charge in [-0.05, 0) is 46.6 Å². The first-order valence-corrected chi connectivity index (χ1v) is 6.55. The first-order chi connectivity index (χ1) is 8.58. The molecule has 0 saturated heterocycles. The first kappa shape index (κ1) is 13.5. The Balaban J connectivity index is 2.21. The van der Waals surface area contributed by atoms with Crippen molar-refractivity contribution in [1.29, 1.82) is 0 Å². The third kappa shape index (κ3) is 3.07. The molecule has 0 aliphatic carbocycles. The van der Waals surface area contributed by atoms with Crippen molar-refractivity contribution in [2.75, 3.05) is 0 Å².